The fourth-order valence-corrected chi connectivity index (χ4v) is 3.37. The number of sulfonamides is 1. The molecule has 1 heterocycles. The number of hydrogen-bond acceptors (Lipinski definition) is 3. The number of hydrogen-bond donors (Lipinski definition) is 1. The van der Waals surface area contributed by atoms with Crippen molar-refractivity contribution in [2.75, 3.05) is 19.6 Å². The maximum Gasteiger partial charge on any atom is 0.218 e. The summed E-state index contributed by atoms with van der Waals surface area (Å²) < 4.78 is 24.7. The van der Waals surface area contributed by atoms with Gasteiger partial charge in [0.15, 0.2) is 0 Å². The van der Waals surface area contributed by atoms with Gasteiger partial charge < -0.3 is 5.73 Å². The van der Waals surface area contributed by atoms with E-state index in [1.54, 1.807) is 4.31 Å². The topological polar surface area (TPSA) is 63.4 Å². The molecule has 1 aliphatic rings. The van der Waals surface area contributed by atoms with Crippen molar-refractivity contribution in [3.8, 4) is 0 Å². The molecule has 0 unspecified atom stereocenters. The van der Waals surface area contributed by atoms with Crippen LogP contribution in [0.2, 0.25) is 0 Å². The lowest BCUT2D eigenvalue weighted by Crippen LogP contribution is -2.33. The Kier molecular flexibility index (Phi) is 3.09. The second kappa shape index (κ2) is 3.72. The Bertz CT molecular complexity index is 238. The molecule has 4 nitrogen and oxygen atoms in total. The van der Waals surface area contributed by atoms with Crippen molar-refractivity contribution in [2.45, 2.75) is 25.0 Å². The van der Waals surface area contributed by atoms with E-state index in [2.05, 4.69) is 0 Å². The Morgan fingerprint density at radius 3 is 2.67 bits per heavy atom. The van der Waals surface area contributed by atoms with Crippen LogP contribution in [0.3, 0.4) is 0 Å². The Morgan fingerprint density at radius 1 is 1.58 bits per heavy atom. The van der Waals surface area contributed by atoms with Crippen molar-refractivity contribution in [2.24, 2.45) is 5.73 Å². The summed E-state index contributed by atoms with van der Waals surface area (Å²) in [5.41, 5.74) is 5.36. The molecular formula is C7H16N2O2S. The number of nitrogens with zero attached hydrogens (tertiary/aromatic N) is 1. The molecule has 1 atom stereocenters. The standard InChI is InChI=1S/C7H16N2O2S/c1-2-4-9-5-3-7(6-8)12(9,10)11/h7H,2-6,8H2,1H3/t7-/m0/s1. The van der Waals surface area contributed by atoms with E-state index in [4.69, 9.17) is 5.73 Å². The summed E-state index contributed by atoms with van der Waals surface area (Å²) in [4.78, 5) is 0. The molecule has 2 N–H and O–H groups in total. The molecule has 0 amide bonds. The highest BCUT2D eigenvalue weighted by molar-refractivity contribution is 7.90. The maximum atomic E-state index is 11.6. The van der Waals surface area contributed by atoms with E-state index in [1.807, 2.05) is 6.92 Å². The fraction of sp³-hybridized carbons (Fsp3) is 1.00. The van der Waals surface area contributed by atoms with Gasteiger partial charge in [-0.25, -0.2) is 12.7 Å². The van der Waals surface area contributed by atoms with Gasteiger partial charge in [-0.2, -0.15) is 0 Å². The molecular weight excluding hydrogens is 176 g/mol. The largest absolute Gasteiger partial charge is 0.329 e. The molecule has 72 valence electrons. The molecule has 1 saturated heterocycles. The third kappa shape index (κ3) is 1.62. The van der Waals surface area contributed by atoms with Crippen LogP contribution >= 0.6 is 0 Å². The van der Waals surface area contributed by atoms with Gasteiger partial charge in [-0.05, 0) is 12.8 Å². The molecule has 0 aromatic heterocycles. The van der Waals surface area contributed by atoms with Crippen molar-refractivity contribution in [1.82, 2.24) is 4.31 Å². The molecule has 0 aromatic rings. The van der Waals surface area contributed by atoms with E-state index < -0.39 is 10.0 Å². The van der Waals surface area contributed by atoms with Crippen LogP contribution < -0.4 is 5.73 Å². The smallest absolute Gasteiger partial charge is 0.218 e. The van der Waals surface area contributed by atoms with Crippen molar-refractivity contribution in [3.05, 3.63) is 0 Å². The Balaban J connectivity index is 2.71. The van der Waals surface area contributed by atoms with Crippen LogP contribution in [-0.4, -0.2) is 37.6 Å². The van der Waals surface area contributed by atoms with Gasteiger partial charge in [-0.1, -0.05) is 6.92 Å². The first-order chi connectivity index (χ1) is 5.62. The number of nitrogens with two attached hydrogens (primary N) is 1. The second-order valence-corrected chi connectivity index (χ2v) is 5.30. The third-order valence-corrected chi connectivity index (χ3v) is 4.57. The van der Waals surface area contributed by atoms with E-state index in [0.717, 1.165) is 6.42 Å². The summed E-state index contributed by atoms with van der Waals surface area (Å²) in [5.74, 6) is 0. The van der Waals surface area contributed by atoms with Gasteiger partial charge in [0.25, 0.3) is 0 Å². The van der Waals surface area contributed by atoms with Crippen LogP contribution in [0.25, 0.3) is 0 Å². The quantitative estimate of drug-likeness (QED) is 0.671. The molecule has 1 fully saturated rings. The van der Waals surface area contributed by atoms with Crippen molar-refractivity contribution in [3.63, 3.8) is 0 Å². The Morgan fingerprint density at radius 2 is 2.25 bits per heavy atom. The first-order valence-corrected chi connectivity index (χ1v) is 5.82. The lowest BCUT2D eigenvalue weighted by Gasteiger charge is -2.14. The van der Waals surface area contributed by atoms with Crippen LogP contribution in [0.1, 0.15) is 19.8 Å². The number of rotatable bonds is 3. The van der Waals surface area contributed by atoms with Gasteiger partial charge in [-0.15, -0.1) is 0 Å². The van der Waals surface area contributed by atoms with Gasteiger partial charge in [0.05, 0.1) is 5.25 Å². The van der Waals surface area contributed by atoms with E-state index in [1.165, 1.54) is 0 Å². The minimum atomic E-state index is -3.03. The van der Waals surface area contributed by atoms with Crippen LogP contribution in [0, 0.1) is 0 Å². The molecule has 0 aliphatic carbocycles. The highest BCUT2D eigenvalue weighted by Crippen LogP contribution is 2.20. The molecule has 0 aromatic carbocycles. The van der Waals surface area contributed by atoms with E-state index in [-0.39, 0.29) is 11.8 Å². The predicted molar refractivity (Wildman–Crippen MR) is 48.2 cm³/mol. The summed E-state index contributed by atoms with van der Waals surface area (Å²) in [6.07, 6.45) is 1.56. The van der Waals surface area contributed by atoms with Gasteiger partial charge >= 0.3 is 0 Å². The van der Waals surface area contributed by atoms with Crippen LogP contribution in [0.15, 0.2) is 0 Å². The first kappa shape index (κ1) is 9.95. The second-order valence-electron chi connectivity index (χ2n) is 3.09. The monoisotopic (exact) mass is 192 g/mol. The van der Waals surface area contributed by atoms with E-state index in [9.17, 15) is 8.42 Å². The fourth-order valence-electron chi connectivity index (χ4n) is 1.50. The predicted octanol–water partition coefficient (Wildman–Crippen LogP) is -0.241. The van der Waals surface area contributed by atoms with Gasteiger partial charge in [0, 0.05) is 19.6 Å². The molecule has 0 radical (unpaired) electrons. The lowest BCUT2D eigenvalue weighted by molar-refractivity contribution is 0.443. The molecule has 12 heavy (non-hydrogen) atoms. The third-order valence-electron chi connectivity index (χ3n) is 2.22. The van der Waals surface area contributed by atoms with E-state index in [0.29, 0.717) is 19.5 Å². The SMILES string of the molecule is CCCN1CC[C@@H](CN)S1(=O)=O. The average molecular weight is 192 g/mol. The highest BCUT2D eigenvalue weighted by atomic mass is 32.2. The maximum absolute atomic E-state index is 11.6. The van der Waals surface area contributed by atoms with Gasteiger partial charge in [0.2, 0.25) is 10.0 Å². The molecule has 1 rings (SSSR count). The zero-order valence-electron chi connectivity index (χ0n) is 7.36. The summed E-state index contributed by atoms with van der Waals surface area (Å²) >= 11 is 0. The van der Waals surface area contributed by atoms with Gasteiger partial charge in [-0.3, -0.25) is 0 Å². The van der Waals surface area contributed by atoms with Gasteiger partial charge in [0.1, 0.15) is 0 Å². The molecule has 0 spiro atoms. The highest BCUT2D eigenvalue weighted by Gasteiger charge is 2.36. The summed E-state index contributed by atoms with van der Waals surface area (Å²) in [5, 5.41) is -0.330. The van der Waals surface area contributed by atoms with E-state index >= 15 is 0 Å². The van der Waals surface area contributed by atoms with Crippen molar-refractivity contribution >= 4 is 10.0 Å². The van der Waals surface area contributed by atoms with Crippen molar-refractivity contribution in [1.29, 1.82) is 0 Å². The molecule has 0 saturated carbocycles. The lowest BCUT2D eigenvalue weighted by atomic mass is 10.3. The Labute approximate surface area is 73.8 Å². The average Bonchev–Trinajstić information content (AvgIpc) is 2.28. The van der Waals surface area contributed by atoms with Crippen molar-refractivity contribution < 1.29 is 8.42 Å². The molecule has 1 aliphatic heterocycles. The zero-order valence-corrected chi connectivity index (χ0v) is 8.18. The molecule has 0 bridgehead atoms. The first-order valence-electron chi connectivity index (χ1n) is 4.32. The minimum Gasteiger partial charge on any atom is -0.329 e. The summed E-state index contributed by atoms with van der Waals surface area (Å²) in [6, 6.07) is 0. The molecule has 5 heteroatoms. The van der Waals surface area contributed by atoms with Crippen LogP contribution in [0.4, 0.5) is 0 Å². The normalized spacial score (nSPS) is 29.3. The van der Waals surface area contributed by atoms with Crippen LogP contribution in [-0.2, 0) is 10.0 Å². The minimum absolute atomic E-state index is 0.253. The summed E-state index contributed by atoms with van der Waals surface area (Å²) in [7, 11) is -3.03. The zero-order chi connectivity index (χ0) is 9.19. The van der Waals surface area contributed by atoms with Crippen LogP contribution in [0.5, 0.6) is 0 Å². The Hall–Kier alpha value is -0.130. The summed E-state index contributed by atoms with van der Waals surface area (Å²) in [6.45, 7) is 3.52.